The Kier molecular flexibility index (Phi) is 36.2. The lowest BCUT2D eigenvalue weighted by Crippen LogP contribution is -2.49. The molecule has 18 heteroatoms. The van der Waals surface area contributed by atoms with Gasteiger partial charge in [0.05, 0.1) is 51.7 Å². The van der Waals surface area contributed by atoms with Gasteiger partial charge in [-0.2, -0.15) is 0 Å². The van der Waals surface area contributed by atoms with Crippen LogP contribution < -0.4 is 22.1 Å². The normalized spacial score (nSPS) is 13.2. The monoisotopic (exact) mass is 1190 g/mol. The average molecular weight is 1190 g/mol. The number of hydrogen-bond donors (Lipinski definition) is 5. The van der Waals surface area contributed by atoms with Crippen LogP contribution in [-0.4, -0.2) is 144 Å². The van der Waals surface area contributed by atoms with Gasteiger partial charge in [-0.1, -0.05) is 125 Å². The number of hydrogen-bond acceptors (Lipinski definition) is 14. The van der Waals surface area contributed by atoms with Crippen LogP contribution in [-0.2, 0) is 76.5 Å². The molecule has 4 aromatic rings. The van der Waals surface area contributed by atoms with E-state index in [0.717, 1.165) is 60.6 Å². The van der Waals surface area contributed by atoms with Crippen molar-refractivity contribution in [3.05, 3.63) is 114 Å². The van der Waals surface area contributed by atoms with Crippen LogP contribution in [0.25, 0.3) is 10.8 Å². The molecule has 474 valence electrons. The summed E-state index contributed by atoms with van der Waals surface area (Å²) in [6.45, 7) is 10.8. The molecule has 0 saturated heterocycles. The number of ether oxygens (including phenoxy) is 6. The number of unbranched alkanes of at least 4 members (excludes halogenated alkanes) is 5. The van der Waals surface area contributed by atoms with E-state index >= 15 is 0 Å². The van der Waals surface area contributed by atoms with Gasteiger partial charge in [0.15, 0.2) is 29.1 Å². The third-order valence-electron chi connectivity index (χ3n) is 14.8. The summed E-state index contributed by atoms with van der Waals surface area (Å²) in [6, 6.07) is 27.5. The van der Waals surface area contributed by atoms with Crippen molar-refractivity contribution in [1.82, 2.24) is 10.6 Å². The van der Waals surface area contributed by atoms with Crippen molar-refractivity contribution in [1.29, 1.82) is 0 Å². The molecule has 7 N–H and O–H groups in total. The van der Waals surface area contributed by atoms with Crippen LogP contribution in [0, 0.1) is 23.7 Å². The molecule has 86 heavy (non-hydrogen) atoms. The van der Waals surface area contributed by atoms with Crippen LogP contribution in [0.4, 0.5) is 0 Å². The number of aliphatic imine (C=N–C) groups is 1. The number of Topliss-reactive ketones (excluding diaryl/α,β-unsaturated/α-hetero) is 4. The maximum atomic E-state index is 14.9. The van der Waals surface area contributed by atoms with Gasteiger partial charge in [-0.25, -0.2) is 0 Å². The van der Waals surface area contributed by atoms with Crippen molar-refractivity contribution in [2.75, 3.05) is 86.3 Å². The smallest absolute Gasteiger partial charge is 0.224 e. The highest BCUT2D eigenvalue weighted by Crippen LogP contribution is 2.24. The number of nitrogens with two attached hydrogens (primary N) is 2. The number of nitrogens with zero attached hydrogens (tertiary/aromatic N) is 1. The summed E-state index contributed by atoms with van der Waals surface area (Å²) in [5, 5.41) is 18.1. The fourth-order valence-electron chi connectivity index (χ4n) is 10.1. The Balaban J connectivity index is 1.33. The second-order valence-electron chi connectivity index (χ2n) is 22.9. The van der Waals surface area contributed by atoms with Gasteiger partial charge in [0, 0.05) is 71.0 Å². The van der Waals surface area contributed by atoms with E-state index < -0.39 is 48.1 Å². The summed E-state index contributed by atoms with van der Waals surface area (Å²) in [7, 11) is 1.67. The van der Waals surface area contributed by atoms with Gasteiger partial charge in [0.2, 0.25) is 11.8 Å². The summed E-state index contributed by atoms with van der Waals surface area (Å²) < 4.78 is 33.0. The molecule has 0 bridgehead atoms. The molecule has 0 heterocycles. The number of benzene rings is 4. The topological polar surface area (TPSA) is 266 Å². The molecule has 0 aromatic heterocycles. The van der Waals surface area contributed by atoms with Crippen LogP contribution in [0.15, 0.2) is 102 Å². The Bertz CT molecular complexity index is 2610. The average Bonchev–Trinajstić information content (AvgIpc) is 3.21. The third-order valence-corrected chi connectivity index (χ3v) is 14.8. The lowest BCUT2D eigenvalue weighted by Gasteiger charge is -2.26. The number of rotatable bonds is 50. The van der Waals surface area contributed by atoms with Crippen LogP contribution in [0.5, 0.6) is 5.75 Å². The van der Waals surface area contributed by atoms with Gasteiger partial charge >= 0.3 is 0 Å². The standard InChI is InChI=1S/C68H99N5O13/c1-50(2)40-57(66(79)72-62(44-52-19-9-8-10-20-52)64(77)41-51(3)18-17-30-71-68(69)70)47-65(78)63(45-54-24-27-55-21-11-12-22-56(55)43-54)73-67(80)58(42-53-25-28-59(74)29-26-53)46-61(76)49-86-48-60(75)23-13-16-33-84-37-39-85-38-36-83-32-15-7-5-6-14-31-82-35-34-81-4/h8-12,19-22,24-29,43,50-51,57-58,62-63,74H,5-7,13-18,23,30-42,44-49H2,1-4H3,(H,72,79)(H,73,80)(H4,69,70,71)/t51-,57-,58-,62+,63+/m1/s1. The number of nitrogens with one attached hydrogen (secondary N) is 2. The van der Waals surface area contributed by atoms with E-state index in [4.69, 9.17) is 39.9 Å². The molecule has 0 aliphatic rings. The molecular formula is C68H99N5O13. The number of phenols is 1. The second-order valence-corrected chi connectivity index (χ2v) is 22.9. The van der Waals surface area contributed by atoms with Crippen molar-refractivity contribution in [3.63, 3.8) is 0 Å². The zero-order valence-electron chi connectivity index (χ0n) is 51.7. The number of aromatic hydroxyl groups is 1. The number of fused-ring (bicyclic) bond motifs is 1. The van der Waals surface area contributed by atoms with Gasteiger partial charge in [0.1, 0.15) is 19.0 Å². The van der Waals surface area contributed by atoms with E-state index in [-0.39, 0.29) is 92.4 Å². The van der Waals surface area contributed by atoms with Crippen molar-refractivity contribution in [2.45, 2.75) is 142 Å². The first-order valence-electron chi connectivity index (χ1n) is 31.0. The number of amides is 2. The number of ketones is 4. The van der Waals surface area contributed by atoms with Gasteiger partial charge in [0.25, 0.3) is 0 Å². The van der Waals surface area contributed by atoms with Crippen LogP contribution >= 0.6 is 0 Å². The quantitative estimate of drug-likeness (QED) is 0.0157. The Morgan fingerprint density at radius 2 is 1.03 bits per heavy atom. The predicted molar refractivity (Wildman–Crippen MR) is 336 cm³/mol. The summed E-state index contributed by atoms with van der Waals surface area (Å²) in [6.07, 6.45) is 8.93. The molecule has 0 unspecified atom stereocenters. The first-order chi connectivity index (χ1) is 41.6. The minimum Gasteiger partial charge on any atom is -0.508 e. The molecule has 0 radical (unpaired) electrons. The second kappa shape index (κ2) is 43.3. The zero-order valence-corrected chi connectivity index (χ0v) is 51.7. The maximum absolute atomic E-state index is 14.9. The van der Waals surface area contributed by atoms with Crippen molar-refractivity contribution in [2.24, 2.45) is 40.1 Å². The molecule has 0 fully saturated rings. The number of carbonyl (C=O) groups is 6. The zero-order chi connectivity index (χ0) is 62.2. The minimum absolute atomic E-state index is 0.00843. The van der Waals surface area contributed by atoms with Gasteiger partial charge in [-0.15, -0.1) is 0 Å². The van der Waals surface area contributed by atoms with Crippen LogP contribution in [0.2, 0.25) is 0 Å². The highest BCUT2D eigenvalue weighted by Gasteiger charge is 2.33. The fourth-order valence-corrected chi connectivity index (χ4v) is 10.1. The first kappa shape index (κ1) is 72.1. The van der Waals surface area contributed by atoms with E-state index in [2.05, 4.69) is 15.6 Å². The summed E-state index contributed by atoms with van der Waals surface area (Å²) in [4.78, 5) is 88.7. The molecule has 0 aliphatic carbocycles. The molecule has 5 atom stereocenters. The number of carbonyl (C=O) groups excluding carboxylic acids is 6. The van der Waals surface area contributed by atoms with E-state index in [0.29, 0.717) is 97.1 Å². The molecular weight excluding hydrogens is 1090 g/mol. The molecule has 0 spiro atoms. The highest BCUT2D eigenvalue weighted by atomic mass is 16.5. The highest BCUT2D eigenvalue weighted by molar-refractivity contribution is 5.96. The van der Waals surface area contributed by atoms with Crippen molar-refractivity contribution in [3.8, 4) is 5.75 Å². The minimum atomic E-state index is -1.11. The van der Waals surface area contributed by atoms with E-state index in [9.17, 15) is 33.9 Å². The third kappa shape index (κ3) is 31.8. The Morgan fingerprint density at radius 1 is 0.512 bits per heavy atom. The number of methoxy groups -OCH3 is 1. The summed E-state index contributed by atoms with van der Waals surface area (Å²) in [5.41, 5.74) is 13.3. The Hall–Kier alpha value is -6.41. The van der Waals surface area contributed by atoms with E-state index in [1.807, 2.05) is 93.6 Å². The van der Waals surface area contributed by atoms with Crippen LogP contribution in [0.1, 0.15) is 127 Å². The molecule has 18 nitrogen and oxygen atoms in total. The SMILES string of the molecule is COCCOCCCCCCCOCCOCCOCCCCC(=O)COCC(=O)C[C@@H](Cc1ccc(O)cc1)C(=O)N[C@@H](Cc1ccc2ccccc2c1)C(=O)C[C@@H](CC(C)C)C(=O)N[C@@H](Cc1ccccc1)C(=O)C[C@H](C)CCCN=C(N)N. The van der Waals surface area contributed by atoms with Crippen LogP contribution in [0.3, 0.4) is 0 Å². The number of guanidine groups is 1. The van der Waals surface area contributed by atoms with E-state index in [1.165, 1.54) is 12.1 Å². The van der Waals surface area contributed by atoms with E-state index in [1.54, 1.807) is 19.2 Å². The van der Waals surface area contributed by atoms with Crippen molar-refractivity contribution < 1.29 is 62.3 Å². The van der Waals surface area contributed by atoms with Gasteiger partial charge < -0.3 is 55.6 Å². The molecule has 4 rings (SSSR count). The van der Waals surface area contributed by atoms with Gasteiger partial charge in [-0.05, 0) is 116 Å². The Labute approximate surface area is 510 Å². The largest absolute Gasteiger partial charge is 0.508 e. The van der Waals surface area contributed by atoms with Crippen molar-refractivity contribution >= 4 is 51.7 Å². The molecule has 2 amide bonds. The lowest BCUT2D eigenvalue weighted by atomic mass is 9.87. The van der Waals surface area contributed by atoms with Gasteiger partial charge in [-0.3, -0.25) is 33.8 Å². The maximum Gasteiger partial charge on any atom is 0.224 e. The lowest BCUT2D eigenvalue weighted by molar-refractivity contribution is -0.136. The summed E-state index contributed by atoms with van der Waals surface area (Å²) in [5.74, 6) is -3.86. The Morgan fingerprint density at radius 3 is 1.66 bits per heavy atom. The predicted octanol–water partition coefficient (Wildman–Crippen LogP) is 8.81. The number of phenolic OH excluding ortho intramolecular Hbond substituents is 1. The fraction of sp³-hybridized carbons (Fsp3) is 0.574. The first-order valence-corrected chi connectivity index (χ1v) is 31.0. The molecule has 0 saturated carbocycles. The summed E-state index contributed by atoms with van der Waals surface area (Å²) >= 11 is 0. The molecule has 4 aromatic carbocycles. The molecule has 0 aliphatic heterocycles.